The van der Waals surface area contributed by atoms with Crippen molar-refractivity contribution in [3.63, 3.8) is 0 Å². The maximum absolute atomic E-state index is 10.7. The molecule has 6 nitrogen and oxygen atoms in total. The van der Waals surface area contributed by atoms with E-state index >= 15 is 0 Å². The average Bonchev–Trinajstić information content (AvgIpc) is 2.43. The first-order valence-electron chi connectivity index (χ1n) is 6.95. The van der Waals surface area contributed by atoms with E-state index in [1.54, 1.807) is 0 Å². The van der Waals surface area contributed by atoms with Crippen molar-refractivity contribution in [2.45, 2.75) is 44.9 Å². The molecule has 0 aromatic carbocycles. The summed E-state index contributed by atoms with van der Waals surface area (Å²) in [4.78, 5) is 21.4. The Bertz CT molecular complexity index is 223. The lowest BCUT2D eigenvalue weighted by molar-refractivity contribution is -0.124. The number of amides is 2. The second-order valence-corrected chi connectivity index (χ2v) is 4.49. The molecule has 0 spiro atoms. The van der Waals surface area contributed by atoms with Crippen LogP contribution in [0.1, 0.15) is 44.9 Å². The lowest BCUT2D eigenvalue weighted by atomic mass is 10.1. The van der Waals surface area contributed by atoms with Crippen LogP contribution in [0.5, 0.6) is 0 Å². The van der Waals surface area contributed by atoms with E-state index in [4.69, 9.17) is 10.2 Å². The van der Waals surface area contributed by atoms with Crippen LogP contribution >= 0.6 is 0 Å². The van der Waals surface area contributed by atoms with Crippen LogP contribution in [-0.2, 0) is 9.59 Å². The molecule has 0 aliphatic carbocycles. The number of hydrogen-bond acceptors (Lipinski definition) is 4. The van der Waals surface area contributed by atoms with Crippen LogP contribution in [0.3, 0.4) is 0 Å². The third-order valence-electron chi connectivity index (χ3n) is 2.79. The van der Waals surface area contributed by atoms with E-state index in [9.17, 15) is 9.59 Å². The molecule has 4 N–H and O–H groups in total. The summed E-state index contributed by atoms with van der Waals surface area (Å²) in [5, 5.41) is 22.2. The third kappa shape index (κ3) is 13.1. The first-order chi connectivity index (χ1) is 9.20. The van der Waals surface area contributed by atoms with Gasteiger partial charge in [0.05, 0.1) is 0 Å². The van der Waals surface area contributed by atoms with Crippen molar-refractivity contribution in [1.29, 1.82) is 0 Å². The van der Waals surface area contributed by atoms with E-state index in [2.05, 4.69) is 10.6 Å². The van der Waals surface area contributed by atoms with Crippen LogP contribution in [0, 0.1) is 0 Å². The summed E-state index contributed by atoms with van der Waals surface area (Å²) in [6.45, 7) is 0.388. The molecule has 0 saturated heterocycles. The van der Waals surface area contributed by atoms with Gasteiger partial charge in [-0.2, -0.15) is 0 Å². The number of hydrogen-bond donors (Lipinski definition) is 4. The highest BCUT2D eigenvalue weighted by atomic mass is 16.3. The van der Waals surface area contributed by atoms with Crippen molar-refractivity contribution in [2.24, 2.45) is 0 Å². The van der Waals surface area contributed by atoms with Crippen LogP contribution in [0.2, 0.25) is 0 Å². The van der Waals surface area contributed by atoms with Crippen LogP contribution in [0.25, 0.3) is 0 Å². The predicted molar refractivity (Wildman–Crippen MR) is 72.5 cm³/mol. The number of aliphatic hydroxyl groups excluding tert-OH is 2. The average molecular weight is 274 g/mol. The molecule has 2 amide bonds. The van der Waals surface area contributed by atoms with E-state index < -0.39 is 13.2 Å². The molecule has 112 valence electrons. The van der Waals surface area contributed by atoms with Crippen molar-refractivity contribution in [3.8, 4) is 0 Å². The molecule has 0 aromatic rings. The molecule has 0 aromatic heterocycles. The normalized spacial score (nSPS) is 10.2. The summed E-state index contributed by atoms with van der Waals surface area (Å²) in [6.07, 6.45) is 7.47. The van der Waals surface area contributed by atoms with Gasteiger partial charge in [-0.1, -0.05) is 32.1 Å². The molecule has 0 heterocycles. The summed E-state index contributed by atoms with van der Waals surface area (Å²) in [5.41, 5.74) is 0. The lowest BCUT2D eigenvalue weighted by Crippen LogP contribution is -2.27. The predicted octanol–water partition coefficient (Wildman–Crippen LogP) is -0.0659. The molecule has 0 rings (SSSR count). The zero-order valence-corrected chi connectivity index (χ0v) is 11.5. The van der Waals surface area contributed by atoms with E-state index in [0.717, 1.165) is 44.9 Å². The van der Waals surface area contributed by atoms with Gasteiger partial charge >= 0.3 is 0 Å². The van der Waals surface area contributed by atoms with Gasteiger partial charge in [0.1, 0.15) is 13.2 Å². The minimum Gasteiger partial charge on any atom is -0.387 e. The Kier molecular flexibility index (Phi) is 12.5. The molecule has 0 unspecified atom stereocenters. The topological polar surface area (TPSA) is 98.7 Å². The highest BCUT2D eigenvalue weighted by Gasteiger charge is 1.97. The number of carbonyl (C=O) groups excluding carboxylic acids is 2. The van der Waals surface area contributed by atoms with E-state index in [1.807, 2.05) is 0 Å². The molecule has 0 radical (unpaired) electrons. The zero-order valence-electron chi connectivity index (χ0n) is 11.5. The van der Waals surface area contributed by atoms with Gasteiger partial charge in [-0.3, -0.25) is 9.59 Å². The van der Waals surface area contributed by atoms with Crippen LogP contribution in [0.4, 0.5) is 0 Å². The largest absolute Gasteiger partial charge is 0.387 e. The summed E-state index contributed by atoms with van der Waals surface area (Å²) in [5.74, 6) is -0.630. The van der Waals surface area contributed by atoms with E-state index in [0.29, 0.717) is 13.1 Å². The summed E-state index contributed by atoms with van der Waals surface area (Å²) < 4.78 is 0. The molecule has 0 bridgehead atoms. The molecule has 19 heavy (non-hydrogen) atoms. The molecule has 0 atom stereocenters. The van der Waals surface area contributed by atoms with Crippen molar-refractivity contribution >= 4 is 11.8 Å². The van der Waals surface area contributed by atoms with Crippen molar-refractivity contribution in [2.75, 3.05) is 26.3 Å². The standard InChI is InChI=1S/C13H26N2O4/c16-10-12(18)14-8-6-4-2-1-3-5-7-9-15-13(19)11-17/h16-17H,1-11H2,(H,14,18)(H,15,19). The van der Waals surface area contributed by atoms with E-state index in [1.165, 1.54) is 0 Å². The smallest absolute Gasteiger partial charge is 0.245 e. The second-order valence-electron chi connectivity index (χ2n) is 4.49. The molecule has 0 aliphatic rings. The molecule has 0 saturated carbocycles. The Hall–Kier alpha value is -1.14. The van der Waals surface area contributed by atoms with Gasteiger partial charge in [0.25, 0.3) is 0 Å². The van der Waals surface area contributed by atoms with Gasteiger partial charge in [-0.05, 0) is 12.8 Å². The number of nitrogens with one attached hydrogen (secondary N) is 2. The summed E-state index contributed by atoms with van der Waals surface area (Å²) in [6, 6.07) is 0. The number of carbonyl (C=O) groups is 2. The van der Waals surface area contributed by atoms with Crippen LogP contribution in [0.15, 0.2) is 0 Å². The van der Waals surface area contributed by atoms with Gasteiger partial charge in [-0.25, -0.2) is 0 Å². The molecule has 0 fully saturated rings. The van der Waals surface area contributed by atoms with Crippen LogP contribution in [-0.4, -0.2) is 48.3 Å². The summed E-state index contributed by atoms with van der Waals surface area (Å²) >= 11 is 0. The maximum atomic E-state index is 10.7. The lowest BCUT2D eigenvalue weighted by Gasteiger charge is -2.04. The number of rotatable bonds is 12. The summed E-state index contributed by atoms with van der Waals surface area (Å²) in [7, 11) is 0. The third-order valence-corrected chi connectivity index (χ3v) is 2.79. The minimum absolute atomic E-state index is 0.315. The Labute approximate surface area is 114 Å². The molecular formula is C13H26N2O4. The van der Waals surface area contributed by atoms with Gasteiger partial charge in [-0.15, -0.1) is 0 Å². The SMILES string of the molecule is O=C(CO)NCCCCCCCCCNC(=O)CO. The fourth-order valence-corrected chi connectivity index (χ4v) is 1.70. The Morgan fingerprint density at radius 1 is 0.632 bits per heavy atom. The Morgan fingerprint density at radius 3 is 1.26 bits per heavy atom. The molecule has 0 aliphatic heterocycles. The van der Waals surface area contributed by atoms with Gasteiger partial charge < -0.3 is 20.8 Å². The van der Waals surface area contributed by atoms with Gasteiger partial charge in [0.2, 0.25) is 11.8 Å². The molecular weight excluding hydrogens is 248 g/mol. The quantitative estimate of drug-likeness (QED) is 0.374. The number of unbranched alkanes of at least 4 members (excludes halogenated alkanes) is 6. The van der Waals surface area contributed by atoms with Crippen molar-refractivity contribution in [3.05, 3.63) is 0 Å². The van der Waals surface area contributed by atoms with Gasteiger partial charge in [0, 0.05) is 13.1 Å². The van der Waals surface area contributed by atoms with Crippen molar-refractivity contribution in [1.82, 2.24) is 10.6 Å². The Morgan fingerprint density at radius 2 is 0.947 bits per heavy atom. The first-order valence-corrected chi connectivity index (χ1v) is 6.95. The second kappa shape index (κ2) is 13.3. The first kappa shape index (κ1) is 17.9. The zero-order chi connectivity index (χ0) is 14.3. The highest BCUT2D eigenvalue weighted by Crippen LogP contribution is 2.06. The van der Waals surface area contributed by atoms with Crippen LogP contribution < -0.4 is 10.6 Å². The maximum Gasteiger partial charge on any atom is 0.245 e. The Balaban J connectivity index is 3.07. The fraction of sp³-hybridized carbons (Fsp3) is 0.846. The number of aliphatic hydroxyl groups is 2. The highest BCUT2D eigenvalue weighted by molar-refractivity contribution is 5.77. The minimum atomic E-state index is -0.438. The molecule has 6 heteroatoms. The fourth-order valence-electron chi connectivity index (χ4n) is 1.70. The van der Waals surface area contributed by atoms with Crippen molar-refractivity contribution < 1.29 is 19.8 Å². The monoisotopic (exact) mass is 274 g/mol. The van der Waals surface area contributed by atoms with Gasteiger partial charge in [0.15, 0.2) is 0 Å². The van der Waals surface area contributed by atoms with E-state index in [-0.39, 0.29) is 11.8 Å².